The predicted octanol–water partition coefficient (Wildman–Crippen LogP) is 1.98. The average molecular weight is 675 g/mol. The third kappa shape index (κ3) is 30.1. The van der Waals surface area contributed by atoms with Crippen molar-refractivity contribution in [2.24, 2.45) is 0 Å². The SMILES string of the molecule is COCCOCCOCCOCCOCCOCCOCCOCCOCCOCCS(=O)(=O)CCC(C)(C)N(Cl)Cl. The molecule has 0 amide bonds. The van der Waals surface area contributed by atoms with E-state index in [1.165, 1.54) is 0 Å². The summed E-state index contributed by atoms with van der Waals surface area (Å²) in [6.45, 7) is 12.3. The number of halogens is 2. The molecule has 13 nitrogen and oxygen atoms in total. The first-order chi connectivity index (χ1) is 20.2. The van der Waals surface area contributed by atoms with Gasteiger partial charge in [0.05, 0.1) is 137 Å². The van der Waals surface area contributed by atoms with E-state index >= 15 is 0 Å². The molecule has 16 heteroatoms. The van der Waals surface area contributed by atoms with Crippen molar-refractivity contribution in [1.29, 1.82) is 0 Å². The minimum atomic E-state index is -3.25. The van der Waals surface area contributed by atoms with Gasteiger partial charge in [0.1, 0.15) is 0 Å². The second kappa shape index (κ2) is 29.8. The van der Waals surface area contributed by atoms with Crippen molar-refractivity contribution < 1.29 is 55.8 Å². The molecule has 0 atom stereocenters. The minimum Gasteiger partial charge on any atom is -0.382 e. The van der Waals surface area contributed by atoms with Crippen molar-refractivity contribution in [3.05, 3.63) is 0 Å². The Morgan fingerprint density at radius 2 is 0.738 bits per heavy atom. The summed E-state index contributed by atoms with van der Waals surface area (Å²) in [6, 6.07) is 0. The lowest BCUT2D eigenvalue weighted by atomic mass is 10.0. The Morgan fingerprint density at radius 3 is 1.00 bits per heavy atom. The van der Waals surface area contributed by atoms with Gasteiger partial charge in [-0.15, -0.1) is 3.94 Å². The summed E-state index contributed by atoms with van der Waals surface area (Å²) in [6.07, 6.45) is 0.322. The minimum absolute atomic E-state index is 0.0127. The van der Waals surface area contributed by atoms with Gasteiger partial charge in [-0.1, -0.05) is 0 Å². The van der Waals surface area contributed by atoms with E-state index < -0.39 is 15.4 Å². The van der Waals surface area contributed by atoms with Gasteiger partial charge in [0.15, 0.2) is 9.84 Å². The third-order valence-corrected chi connectivity index (χ3v) is 7.96. The number of nitrogens with zero attached hydrogens (tertiary/aromatic N) is 1. The van der Waals surface area contributed by atoms with Gasteiger partial charge < -0.3 is 47.4 Å². The Morgan fingerprint density at radius 1 is 0.476 bits per heavy atom. The van der Waals surface area contributed by atoms with Gasteiger partial charge in [-0.2, -0.15) is 0 Å². The Kier molecular flexibility index (Phi) is 29.8. The third-order valence-electron chi connectivity index (χ3n) is 5.43. The van der Waals surface area contributed by atoms with Crippen LogP contribution in [0.1, 0.15) is 20.3 Å². The molecule has 0 saturated heterocycles. The highest BCUT2D eigenvalue weighted by Gasteiger charge is 2.26. The van der Waals surface area contributed by atoms with Crippen molar-refractivity contribution in [2.75, 3.05) is 144 Å². The molecule has 42 heavy (non-hydrogen) atoms. The highest BCUT2D eigenvalue weighted by Crippen LogP contribution is 2.24. The number of methoxy groups -OCH3 is 1. The van der Waals surface area contributed by atoms with Gasteiger partial charge in [-0.25, -0.2) is 8.42 Å². The summed E-state index contributed by atoms with van der Waals surface area (Å²) >= 11 is 11.4. The van der Waals surface area contributed by atoms with Crippen LogP contribution in [0.2, 0.25) is 0 Å². The quantitative estimate of drug-likeness (QED) is 0.0730. The molecule has 0 aromatic rings. The molecule has 0 N–H and O–H groups in total. The maximum Gasteiger partial charge on any atom is 0.152 e. The average Bonchev–Trinajstić information content (AvgIpc) is 2.95. The summed E-state index contributed by atoms with van der Waals surface area (Å²) in [5.41, 5.74) is -0.626. The summed E-state index contributed by atoms with van der Waals surface area (Å²) < 4.78 is 78.6. The topological polar surface area (TPSA) is 130 Å². The molecule has 0 radical (unpaired) electrons. The molecule has 0 saturated carbocycles. The molecule has 0 heterocycles. The molecule has 0 aliphatic carbocycles. The fourth-order valence-electron chi connectivity index (χ4n) is 2.78. The van der Waals surface area contributed by atoms with Crippen molar-refractivity contribution in [2.45, 2.75) is 25.8 Å². The summed E-state index contributed by atoms with van der Waals surface area (Å²) in [5.74, 6) is -0.0722. The van der Waals surface area contributed by atoms with Crippen molar-refractivity contribution in [1.82, 2.24) is 3.94 Å². The first-order valence-corrected chi connectivity index (χ1v) is 16.7. The number of ether oxygens (including phenoxy) is 10. The fraction of sp³-hybridized carbons (Fsp3) is 1.00. The summed E-state index contributed by atoms with van der Waals surface area (Å²) in [7, 11) is -1.61. The molecule has 0 aliphatic heterocycles. The van der Waals surface area contributed by atoms with E-state index in [1.54, 1.807) is 21.0 Å². The highest BCUT2D eigenvalue weighted by molar-refractivity contribution is 7.91. The molecular weight excluding hydrogens is 621 g/mol. The van der Waals surface area contributed by atoms with Gasteiger partial charge in [-0.05, 0) is 43.8 Å². The number of sulfone groups is 1. The van der Waals surface area contributed by atoms with Crippen LogP contribution in [0.15, 0.2) is 0 Å². The largest absolute Gasteiger partial charge is 0.382 e. The maximum atomic E-state index is 12.1. The van der Waals surface area contributed by atoms with E-state index in [1.807, 2.05) is 0 Å². The van der Waals surface area contributed by atoms with Crippen LogP contribution in [0, 0.1) is 0 Å². The van der Waals surface area contributed by atoms with Gasteiger partial charge in [0.2, 0.25) is 0 Å². The number of hydrogen-bond acceptors (Lipinski definition) is 13. The van der Waals surface area contributed by atoms with E-state index in [0.717, 1.165) is 3.94 Å². The molecule has 0 fully saturated rings. The maximum absolute atomic E-state index is 12.1. The first kappa shape index (κ1) is 42.1. The monoisotopic (exact) mass is 673 g/mol. The molecule has 0 spiro atoms. The zero-order chi connectivity index (χ0) is 31.2. The Bertz CT molecular complexity index is 678. The van der Waals surface area contributed by atoms with Crippen LogP contribution >= 0.6 is 23.6 Å². The van der Waals surface area contributed by atoms with Crippen molar-refractivity contribution in [3.8, 4) is 0 Å². The molecule has 254 valence electrons. The second-order valence-electron chi connectivity index (χ2n) is 9.45. The van der Waals surface area contributed by atoms with Gasteiger partial charge in [0, 0.05) is 12.6 Å². The van der Waals surface area contributed by atoms with Crippen LogP contribution < -0.4 is 0 Å². The zero-order valence-corrected chi connectivity index (χ0v) is 27.9. The normalized spacial score (nSPS) is 12.5. The molecule has 0 bridgehead atoms. The van der Waals surface area contributed by atoms with Crippen LogP contribution in [0.4, 0.5) is 0 Å². The van der Waals surface area contributed by atoms with Crippen LogP contribution in [0.3, 0.4) is 0 Å². The Labute approximate surface area is 262 Å². The highest BCUT2D eigenvalue weighted by atomic mass is 35.5. The fourth-order valence-corrected chi connectivity index (χ4v) is 4.34. The van der Waals surface area contributed by atoms with Crippen LogP contribution in [0.5, 0.6) is 0 Å². The molecular formula is C26H53Cl2NO12S. The van der Waals surface area contributed by atoms with Crippen molar-refractivity contribution in [3.63, 3.8) is 0 Å². The van der Waals surface area contributed by atoms with Gasteiger partial charge in [-0.3, -0.25) is 0 Å². The van der Waals surface area contributed by atoms with E-state index in [-0.39, 0.29) is 18.1 Å². The lowest BCUT2D eigenvalue weighted by Gasteiger charge is -2.27. The number of rotatable bonds is 34. The molecule has 0 aliphatic rings. The number of hydrogen-bond donors (Lipinski definition) is 0. The smallest absolute Gasteiger partial charge is 0.152 e. The van der Waals surface area contributed by atoms with E-state index in [0.29, 0.717) is 125 Å². The lowest BCUT2D eigenvalue weighted by Crippen LogP contribution is -2.34. The summed E-state index contributed by atoms with van der Waals surface area (Å²) in [4.78, 5) is 0. The van der Waals surface area contributed by atoms with Crippen molar-refractivity contribution >= 4 is 33.4 Å². The van der Waals surface area contributed by atoms with Crippen LogP contribution in [-0.2, 0) is 57.2 Å². The van der Waals surface area contributed by atoms with Crippen LogP contribution in [0.25, 0.3) is 0 Å². The Hall–Kier alpha value is 0.0900. The van der Waals surface area contributed by atoms with Gasteiger partial charge in [0.25, 0.3) is 0 Å². The standard InChI is InChI=1S/C26H53Cl2NO12S/c1-26(2,29(27)28)4-24-42(30,31)25-23-41-22-21-40-20-19-39-18-17-38-16-15-37-14-13-36-12-11-35-10-9-34-8-7-33-6-5-32-3/h4-25H2,1-3H3. The van der Waals surface area contributed by atoms with Crippen LogP contribution in [-0.4, -0.2) is 162 Å². The second-order valence-corrected chi connectivity index (χ2v) is 12.6. The predicted molar refractivity (Wildman–Crippen MR) is 160 cm³/mol. The Balaban J connectivity index is 3.24. The molecule has 0 aromatic carbocycles. The van der Waals surface area contributed by atoms with E-state index in [4.69, 9.17) is 70.9 Å². The van der Waals surface area contributed by atoms with E-state index in [2.05, 4.69) is 0 Å². The molecule has 0 aromatic heterocycles. The first-order valence-electron chi connectivity index (χ1n) is 14.2. The summed E-state index contributed by atoms with van der Waals surface area (Å²) in [5, 5.41) is 0. The zero-order valence-electron chi connectivity index (χ0n) is 25.6. The molecule has 0 unspecified atom stereocenters. The van der Waals surface area contributed by atoms with E-state index in [9.17, 15) is 8.42 Å². The van der Waals surface area contributed by atoms with Gasteiger partial charge >= 0.3 is 0 Å². The lowest BCUT2D eigenvalue weighted by molar-refractivity contribution is -0.0256. The molecule has 0 rings (SSSR count).